The summed E-state index contributed by atoms with van der Waals surface area (Å²) in [5.74, 6) is 0.375. The van der Waals surface area contributed by atoms with Crippen LogP contribution in [0.25, 0.3) is 0 Å². The fourth-order valence-corrected chi connectivity index (χ4v) is 1.84. The molecule has 0 aliphatic heterocycles. The van der Waals surface area contributed by atoms with Gasteiger partial charge in [-0.3, -0.25) is 0 Å². The fourth-order valence-electron chi connectivity index (χ4n) is 1.84. The van der Waals surface area contributed by atoms with Crippen molar-refractivity contribution in [1.82, 2.24) is 0 Å². The Labute approximate surface area is 83.2 Å². The third-order valence-corrected chi connectivity index (χ3v) is 3.03. The summed E-state index contributed by atoms with van der Waals surface area (Å²) in [7, 11) is 0. The normalized spacial score (nSPS) is 18.9. The Morgan fingerprint density at radius 3 is 2.64 bits per heavy atom. The maximum Gasteiger partial charge on any atom is 0.138 e. The Hall–Kier alpha value is -1.22. The molecular formula is C11H15NO2. The summed E-state index contributed by atoms with van der Waals surface area (Å²) in [6.45, 7) is 0. The van der Waals surface area contributed by atoms with E-state index in [4.69, 9.17) is 5.73 Å². The molecule has 1 aliphatic rings. The molecule has 1 atom stereocenters. The lowest BCUT2D eigenvalue weighted by atomic mass is 9.78. The molecule has 3 nitrogen and oxygen atoms in total. The van der Waals surface area contributed by atoms with E-state index in [1.807, 2.05) is 0 Å². The van der Waals surface area contributed by atoms with Crippen LogP contribution in [-0.2, 0) is 0 Å². The van der Waals surface area contributed by atoms with Crippen LogP contribution >= 0.6 is 0 Å². The lowest BCUT2D eigenvalue weighted by molar-refractivity contribution is 0.0625. The lowest BCUT2D eigenvalue weighted by Crippen LogP contribution is -2.20. The van der Waals surface area contributed by atoms with Gasteiger partial charge in [-0.1, -0.05) is 18.6 Å². The zero-order valence-corrected chi connectivity index (χ0v) is 7.98. The van der Waals surface area contributed by atoms with E-state index in [9.17, 15) is 10.2 Å². The Kier molecular flexibility index (Phi) is 2.33. The van der Waals surface area contributed by atoms with E-state index in [2.05, 4.69) is 0 Å². The fraction of sp³-hybridized carbons (Fsp3) is 0.455. The van der Waals surface area contributed by atoms with Crippen molar-refractivity contribution < 1.29 is 10.2 Å². The highest BCUT2D eigenvalue weighted by atomic mass is 16.3. The average molecular weight is 193 g/mol. The molecule has 1 aromatic carbocycles. The highest BCUT2D eigenvalue weighted by Gasteiger charge is 2.28. The largest absolute Gasteiger partial charge is 0.506 e. The Morgan fingerprint density at radius 2 is 2.07 bits per heavy atom. The topological polar surface area (TPSA) is 66.5 Å². The maximum absolute atomic E-state index is 9.95. The van der Waals surface area contributed by atoms with Crippen LogP contribution in [0.5, 0.6) is 5.75 Å². The number of nitrogens with two attached hydrogens (primary N) is 1. The maximum atomic E-state index is 9.95. The standard InChI is InChI=1S/C11H15NO2/c12-10-8(5-2-6-9(10)13)11(14)7-3-1-4-7/h2,5-7,11,13-14H,1,3-4,12H2. The number of hydrogen-bond acceptors (Lipinski definition) is 3. The second-order valence-electron chi connectivity index (χ2n) is 3.92. The summed E-state index contributed by atoms with van der Waals surface area (Å²) in [6, 6.07) is 5.02. The smallest absolute Gasteiger partial charge is 0.138 e. The summed E-state index contributed by atoms with van der Waals surface area (Å²) < 4.78 is 0. The molecule has 0 radical (unpaired) electrons. The zero-order valence-electron chi connectivity index (χ0n) is 7.98. The number of phenols is 1. The molecule has 0 heterocycles. The number of aliphatic hydroxyl groups is 1. The minimum absolute atomic E-state index is 0.0564. The van der Waals surface area contributed by atoms with Gasteiger partial charge in [0.05, 0.1) is 11.8 Å². The van der Waals surface area contributed by atoms with E-state index in [0.717, 1.165) is 12.8 Å². The molecule has 1 aliphatic carbocycles. The monoisotopic (exact) mass is 193 g/mol. The van der Waals surface area contributed by atoms with Crippen LogP contribution in [0.4, 0.5) is 5.69 Å². The van der Waals surface area contributed by atoms with Gasteiger partial charge in [-0.2, -0.15) is 0 Å². The second kappa shape index (κ2) is 3.50. The summed E-state index contributed by atoms with van der Waals surface area (Å²) in [6.07, 6.45) is 2.77. The number of anilines is 1. The molecule has 0 bridgehead atoms. The number of aliphatic hydroxyl groups excluding tert-OH is 1. The molecule has 2 rings (SSSR count). The van der Waals surface area contributed by atoms with E-state index < -0.39 is 6.10 Å². The number of benzene rings is 1. The lowest BCUT2D eigenvalue weighted by Gasteiger charge is -2.31. The van der Waals surface area contributed by atoms with Crippen LogP contribution in [0.2, 0.25) is 0 Å². The van der Waals surface area contributed by atoms with Gasteiger partial charge in [0.2, 0.25) is 0 Å². The molecule has 4 N–H and O–H groups in total. The van der Waals surface area contributed by atoms with Crippen LogP contribution in [0.3, 0.4) is 0 Å². The first-order valence-electron chi connectivity index (χ1n) is 4.95. The number of phenolic OH excluding ortho intramolecular Hbond substituents is 1. The summed E-state index contributed by atoms with van der Waals surface area (Å²) >= 11 is 0. The molecule has 0 aromatic heterocycles. The first-order chi connectivity index (χ1) is 6.70. The summed E-state index contributed by atoms with van der Waals surface area (Å²) in [5.41, 5.74) is 6.66. The van der Waals surface area contributed by atoms with E-state index in [1.54, 1.807) is 12.1 Å². The molecule has 1 aromatic rings. The van der Waals surface area contributed by atoms with Crippen LogP contribution in [0.15, 0.2) is 18.2 Å². The van der Waals surface area contributed by atoms with Gasteiger partial charge in [-0.05, 0) is 24.8 Å². The highest BCUT2D eigenvalue weighted by molar-refractivity contribution is 5.58. The molecule has 0 saturated heterocycles. The van der Waals surface area contributed by atoms with Crippen molar-refractivity contribution in [3.63, 3.8) is 0 Å². The predicted octanol–water partition coefficient (Wildman–Crippen LogP) is 1.81. The molecular weight excluding hydrogens is 178 g/mol. The van der Waals surface area contributed by atoms with E-state index in [1.165, 1.54) is 12.5 Å². The van der Waals surface area contributed by atoms with Crippen molar-refractivity contribution in [3.8, 4) is 5.75 Å². The van der Waals surface area contributed by atoms with E-state index in [-0.39, 0.29) is 5.75 Å². The van der Waals surface area contributed by atoms with Gasteiger partial charge in [0.25, 0.3) is 0 Å². The molecule has 14 heavy (non-hydrogen) atoms. The van der Waals surface area contributed by atoms with Crippen molar-refractivity contribution >= 4 is 5.69 Å². The van der Waals surface area contributed by atoms with Gasteiger partial charge in [0.1, 0.15) is 5.75 Å². The van der Waals surface area contributed by atoms with Crippen LogP contribution < -0.4 is 5.73 Å². The average Bonchev–Trinajstić information content (AvgIpc) is 2.06. The first-order valence-corrected chi connectivity index (χ1v) is 4.95. The SMILES string of the molecule is Nc1c(O)cccc1C(O)C1CCC1. The highest BCUT2D eigenvalue weighted by Crippen LogP contribution is 2.40. The van der Waals surface area contributed by atoms with Gasteiger partial charge in [0, 0.05) is 5.56 Å². The van der Waals surface area contributed by atoms with Crippen LogP contribution in [0.1, 0.15) is 30.9 Å². The van der Waals surface area contributed by atoms with Crippen molar-refractivity contribution in [2.45, 2.75) is 25.4 Å². The van der Waals surface area contributed by atoms with Crippen molar-refractivity contribution in [2.24, 2.45) is 5.92 Å². The molecule has 1 unspecified atom stereocenters. The summed E-state index contributed by atoms with van der Waals surface area (Å²) in [5, 5.41) is 19.3. The third kappa shape index (κ3) is 1.44. The number of rotatable bonds is 2. The van der Waals surface area contributed by atoms with Crippen molar-refractivity contribution in [2.75, 3.05) is 5.73 Å². The second-order valence-corrected chi connectivity index (χ2v) is 3.92. The molecule has 0 spiro atoms. The first kappa shape index (κ1) is 9.34. The molecule has 3 heteroatoms. The Morgan fingerprint density at radius 1 is 1.36 bits per heavy atom. The third-order valence-electron chi connectivity index (χ3n) is 3.03. The van der Waals surface area contributed by atoms with Gasteiger partial charge in [0.15, 0.2) is 0 Å². The molecule has 0 amide bonds. The van der Waals surface area contributed by atoms with Crippen LogP contribution in [0, 0.1) is 5.92 Å². The summed E-state index contributed by atoms with van der Waals surface area (Å²) in [4.78, 5) is 0. The zero-order chi connectivity index (χ0) is 10.1. The molecule has 1 fully saturated rings. The molecule has 76 valence electrons. The van der Waals surface area contributed by atoms with Gasteiger partial charge in [-0.15, -0.1) is 0 Å². The van der Waals surface area contributed by atoms with Crippen molar-refractivity contribution in [1.29, 1.82) is 0 Å². The van der Waals surface area contributed by atoms with Gasteiger partial charge >= 0.3 is 0 Å². The van der Waals surface area contributed by atoms with Crippen molar-refractivity contribution in [3.05, 3.63) is 23.8 Å². The predicted molar refractivity (Wildman–Crippen MR) is 54.8 cm³/mol. The Balaban J connectivity index is 2.26. The minimum Gasteiger partial charge on any atom is -0.506 e. The van der Waals surface area contributed by atoms with E-state index >= 15 is 0 Å². The Bertz CT molecular complexity index is 334. The van der Waals surface area contributed by atoms with Gasteiger partial charge < -0.3 is 15.9 Å². The van der Waals surface area contributed by atoms with Gasteiger partial charge in [-0.25, -0.2) is 0 Å². The number of aromatic hydroxyl groups is 1. The minimum atomic E-state index is -0.518. The van der Waals surface area contributed by atoms with E-state index in [0.29, 0.717) is 17.2 Å². The number of hydrogen-bond donors (Lipinski definition) is 3. The quantitative estimate of drug-likeness (QED) is 0.495. The van der Waals surface area contributed by atoms with Crippen LogP contribution in [-0.4, -0.2) is 10.2 Å². The molecule has 1 saturated carbocycles. The number of para-hydroxylation sites is 1. The number of nitrogen functional groups attached to an aromatic ring is 1.